The molecule has 0 spiro atoms. The smallest absolute Gasteiger partial charge is 0.261 e. The summed E-state index contributed by atoms with van der Waals surface area (Å²) in [6, 6.07) is 11.0. The van der Waals surface area contributed by atoms with Crippen molar-refractivity contribution in [2.45, 2.75) is 65.1 Å². The van der Waals surface area contributed by atoms with Gasteiger partial charge in [0.25, 0.3) is 5.91 Å². The van der Waals surface area contributed by atoms with E-state index in [1.54, 1.807) is 11.8 Å². The third-order valence-corrected chi connectivity index (χ3v) is 7.03. The van der Waals surface area contributed by atoms with Gasteiger partial charge in [0.05, 0.1) is 0 Å². The van der Waals surface area contributed by atoms with Gasteiger partial charge in [-0.1, -0.05) is 52.5 Å². The predicted molar refractivity (Wildman–Crippen MR) is 131 cm³/mol. The Kier molecular flexibility index (Phi) is 8.60. The number of nitrogens with zero attached hydrogens (tertiary/aromatic N) is 1. The molecule has 0 saturated heterocycles. The standard InChI is InChI=1S/C25H30BrClN2O3/c1-16-12-22(13-17(2)24(16)27)32-15-23(30)29(14-19-8-10-20(26)11-9-19)18(3)25(31)28-21-6-4-5-7-21/h8-13,18,21H,4-7,14-15H2,1-3H3,(H,28,31)/t18-/m1/s1. The zero-order chi connectivity index (χ0) is 23.3. The maximum atomic E-state index is 13.2. The molecule has 172 valence electrons. The molecule has 32 heavy (non-hydrogen) atoms. The minimum Gasteiger partial charge on any atom is -0.484 e. The van der Waals surface area contributed by atoms with Gasteiger partial charge in [-0.15, -0.1) is 0 Å². The van der Waals surface area contributed by atoms with Crippen molar-refractivity contribution >= 4 is 39.3 Å². The summed E-state index contributed by atoms with van der Waals surface area (Å²) in [6.07, 6.45) is 4.26. The van der Waals surface area contributed by atoms with Crippen LogP contribution in [0, 0.1) is 13.8 Å². The van der Waals surface area contributed by atoms with E-state index >= 15 is 0 Å². The van der Waals surface area contributed by atoms with Crippen molar-refractivity contribution in [3.63, 3.8) is 0 Å². The number of hydrogen-bond acceptors (Lipinski definition) is 3. The SMILES string of the molecule is Cc1cc(OCC(=O)N(Cc2ccc(Br)cc2)[C@H](C)C(=O)NC2CCCC2)cc(C)c1Cl. The molecule has 2 aromatic rings. The van der Waals surface area contributed by atoms with E-state index in [4.69, 9.17) is 16.3 Å². The number of carbonyl (C=O) groups excluding carboxylic acids is 2. The van der Waals surface area contributed by atoms with Crippen LogP contribution in [0.15, 0.2) is 40.9 Å². The summed E-state index contributed by atoms with van der Waals surface area (Å²) in [5, 5.41) is 3.80. The number of hydrogen-bond donors (Lipinski definition) is 1. The van der Waals surface area contributed by atoms with Crippen molar-refractivity contribution in [1.82, 2.24) is 10.2 Å². The van der Waals surface area contributed by atoms with Crippen LogP contribution in [0.4, 0.5) is 0 Å². The van der Waals surface area contributed by atoms with Crippen LogP contribution in [-0.2, 0) is 16.1 Å². The number of halogens is 2. The molecule has 1 saturated carbocycles. The third-order valence-electron chi connectivity index (χ3n) is 5.91. The largest absolute Gasteiger partial charge is 0.484 e. The van der Waals surface area contributed by atoms with Crippen LogP contribution in [-0.4, -0.2) is 35.4 Å². The van der Waals surface area contributed by atoms with Crippen LogP contribution < -0.4 is 10.1 Å². The number of ether oxygens (including phenoxy) is 1. The molecular formula is C25H30BrClN2O3. The summed E-state index contributed by atoms with van der Waals surface area (Å²) in [4.78, 5) is 27.7. The van der Waals surface area contributed by atoms with Crippen LogP contribution >= 0.6 is 27.5 Å². The average molecular weight is 522 g/mol. The molecule has 1 fully saturated rings. The van der Waals surface area contributed by atoms with Crippen molar-refractivity contribution in [2.24, 2.45) is 0 Å². The summed E-state index contributed by atoms with van der Waals surface area (Å²) >= 11 is 9.67. The molecule has 2 amide bonds. The fraction of sp³-hybridized carbons (Fsp3) is 0.440. The number of amides is 2. The minimum absolute atomic E-state index is 0.124. The Bertz CT molecular complexity index is 935. The lowest BCUT2D eigenvalue weighted by Crippen LogP contribution is -2.50. The molecule has 0 unspecified atom stereocenters. The second-order valence-corrected chi connectivity index (χ2v) is 9.77. The number of nitrogens with one attached hydrogen (secondary N) is 1. The second kappa shape index (κ2) is 11.2. The molecule has 0 aromatic heterocycles. The van der Waals surface area contributed by atoms with Crippen LogP contribution in [0.3, 0.4) is 0 Å². The van der Waals surface area contributed by atoms with Crippen molar-refractivity contribution in [1.29, 1.82) is 0 Å². The molecule has 0 heterocycles. The van der Waals surface area contributed by atoms with E-state index < -0.39 is 6.04 Å². The summed E-state index contributed by atoms with van der Waals surface area (Å²) in [5.41, 5.74) is 2.73. The number of rotatable bonds is 8. The first-order chi connectivity index (χ1) is 15.2. The lowest BCUT2D eigenvalue weighted by molar-refractivity contribution is -0.142. The van der Waals surface area contributed by atoms with E-state index in [9.17, 15) is 9.59 Å². The summed E-state index contributed by atoms with van der Waals surface area (Å²) < 4.78 is 6.76. The van der Waals surface area contributed by atoms with Crippen LogP contribution in [0.2, 0.25) is 5.02 Å². The maximum absolute atomic E-state index is 13.2. The fourth-order valence-electron chi connectivity index (χ4n) is 3.98. The first-order valence-corrected chi connectivity index (χ1v) is 12.2. The highest BCUT2D eigenvalue weighted by Gasteiger charge is 2.28. The van der Waals surface area contributed by atoms with Gasteiger partial charge in [-0.05, 0) is 74.6 Å². The van der Waals surface area contributed by atoms with Gasteiger partial charge in [0.15, 0.2) is 6.61 Å². The lowest BCUT2D eigenvalue weighted by Gasteiger charge is -2.29. The van der Waals surface area contributed by atoms with Crippen molar-refractivity contribution in [3.05, 3.63) is 62.6 Å². The summed E-state index contributed by atoms with van der Waals surface area (Å²) in [7, 11) is 0. The Morgan fingerprint density at radius 2 is 1.75 bits per heavy atom. The van der Waals surface area contributed by atoms with Gasteiger partial charge in [0, 0.05) is 22.1 Å². The normalized spacial score (nSPS) is 14.8. The molecule has 2 aromatic carbocycles. The molecule has 3 rings (SSSR count). The Hall–Kier alpha value is -2.05. The number of carbonyl (C=O) groups is 2. The van der Waals surface area contributed by atoms with Gasteiger partial charge >= 0.3 is 0 Å². The van der Waals surface area contributed by atoms with E-state index in [-0.39, 0.29) is 24.5 Å². The quantitative estimate of drug-likeness (QED) is 0.494. The topological polar surface area (TPSA) is 58.6 Å². The van der Waals surface area contributed by atoms with Crippen LogP contribution in [0.25, 0.3) is 0 Å². The highest BCUT2D eigenvalue weighted by Crippen LogP contribution is 2.26. The molecular weight excluding hydrogens is 492 g/mol. The molecule has 5 nitrogen and oxygen atoms in total. The molecule has 0 aliphatic heterocycles. The highest BCUT2D eigenvalue weighted by molar-refractivity contribution is 9.10. The van der Waals surface area contributed by atoms with Crippen molar-refractivity contribution in [2.75, 3.05) is 6.61 Å². The van der Waals surface area contributed by atoms with Crippen LogP contribution in [0.5, 0.6) is 5.75 Å². The monoisotopic (exact) mass is 520 g/mol. The zero-order valence-corrected chi connectivity index (χ0v) is 21.1. The van der Waals surface area contributed by atoms with Gasteiger partial charge in [-0.3, -0.25) is 9.59 Å². The van der Waals surface area contributed by atoms with Gasteiger partial charge in [-0.2, -0.15) is 0 Å². The Balaban J connectivity index is 1.73. The zero-order valence-electron chi connectivity index (χ0n) is 18.8. The molecule has 1 aliphatic rings. The van der Waals surface area contributed by atoms with E-state index in [0.29, 0.717) is 17.3 Å². The summed E-state index contributed by atoms with van der Waals surface area (Å²) in [6.45, 7) is 5.75. The molecule has 1 atom stereocenters. The molecule has 0 radical (unpaired) electrons. The van der Waals surface area contributed by atoms with Crippen molar-refractivity contribution in [3.8, 4) is 5.75 Å². The lowest BCUT2D eigenvalue weighted by atomic mass is 10.1. The van der Waals surface area contributed by atoms with Gasteiger partial charge in [0.2, 0.25) is 5.91 Å². The fourth-order valence-corrected chi connectivity index (χ4v) is 4.35. The van der Waals surface area contributed by atoms with Gasteiger partial charge in [-0.25, -0.2) is 0 Å². The Morgan fingerprint density at radius 3 is 2.34 bits per heavy atom. The Morgan fingerprint density at radius 1 is 1.16 bits per heavy atom. The van der Waals surface area contributed by atoms with Gasteiger partial charge < -0.3 is 15.0 Å². The maximum Gasteiger partial charge on any atom is 0.261 e. The third kappa shape index (κ3) is 6.48. The number of aryl methyl sites for hydroxylation is 2. The first kappa shape index (κ1) is 24.6. The van der Waals surface area contributed by atoms with E-state index in [2.05, 4.69) is 21.2 Å². The molecule has 0 bridgehead atoms. The first-order valence-electron chi connectivity index (χ1n) is 11.0. The van der Waals surface area contributed by atoms with Gasteiger partial charge in [0.1, 0.15) is 11.8 Å². The summed E-state index contributed by atoms with van der Waals surface area (Å²) in [5.74, 6) is 0.220. The molecule has 7 heteroatoms. The van der Waals surface area contributed by atoms with E-state index in [1.165, 1.54) is 0 Å². The highest BCUT2D eigenvalue weighted by atomic mass is 79.9. The number of benzene rings is 2. The van der Waals surface area contributed by atoms with Crippen LogP contribution in [0.1, 0.15) is 49.3 Å². The molecule has 1 N–H and O–H groups in total. The predicted octanol–water partition coefficient (Wildman–Crippen LogP) is 5.57. The molecule has 1 aliphatic carbocycles. The van der Waals surface area contributed by atoms with E-state index in [0.717, 1.165) is 46.8 Å². The van der Waals surface area contributed by atoms with E-state index in [1.807, 2.05) is 50.2 Å². The second-order valence-electron chi connectivity index (χ2n) is 8.47. The van der Waals surface area contributed by atoms with Crippen molar-refractivity contribution < 1.29 is 14.3 Å². The minimum atomic E-state index is -0.607. The average Bonchev–Trinajstić information content (AvgIpc) is 3.27. The Labute approximate surface area is 203 Å².